The molecule has 1 heterocycles. The number of hydrogen-bond donors (Lipinski definition) is 2. The van der Waals surface area contributed by atoms with Crippen molar-refractivity contribution >= 4 is 5.91 Å². The number of aryl methyl sites for hydroxylation is 1. The molecule has 1 rings (SSSR count). The molecule has 0 saturated carbocycles. The standard InChI is InChI=1S/C16H27N3O2/c1-6-12(4)19-16(20)10-21-15-8-7-13(5)18-14(15)9-17-11(2)3/h7-8,11-12,17H,6,9-10H2,1-5H3,(H,19,20). The van der Waals surface area contributed by atoms with Gasteiger partial charge in [0.25, 0.3) is 5.91 Å². The summed E-state index contributed by atoms with van der Waals surface area (Å²) in [5, 5.41) is 6.20. The van der Waals surface area contributed by atoms with Gasteiger partial charge >= 0.3 is 0 Å². The molecule has 0 aliphatic rings. The third-order valence-corrected chi connectivity index (χ3v) is 3.13. The van der Waals surface area contributed by atoms with Crippen molar-refractivity contribution in [1.82, 2.24) is 15.6 Å². The topological polar surface area (TPSA) is 63.2 Å². The molecule has 0 aliphatic heterocycles. The Balaban J connectivity index is 2.63. The molecule has 0 saturated heterocycles. The molecule has 1 atom stereocenters. The minimum Gasteiger partial charge on any atom is -0.482 e. The molecule has 0 spiro atoms. The van der Waals surface area contributed by atoms with Crippen LogP contribution in [0, 0.1) is 6.92 Å². The number of ether oxygens (including phenoxy) is 1. The quantitative estimate of drug-likeness (QED) is 0.771. The molecular weight excluding hydrogens is 266 g/mol. The zero-order valence-electron chi connectivity index (χ0n) is 13.7. The maximum atomic E-state index is 11.8. The summed E-state index contributed by atoms with van der Waals surface area (Å²) in [6.07, 6.45) is 0.904. The zero-order valence-corrected chi connectivity index (χ0v) is 13.7. The van der Waals surface area contributed by atoms with Crippen LogP contribution in [0.25, 0.3) is 0 Å². The van der Waals surface area contributed by atoms with Crippen LogP contribution in [0.2, 0.25) is 0 Å². The molecule has 118 valence electrons. The number of nitrogens with zero attached hydrogens (tertiary/aromatic N) is 1. The molecule has 1 unspecified atom stereocenters. The largest absolute Gasteiger partial charge is 0.482 e. The van der Waals surface area contributed by atoms with Gasteiger partial charge in [-0.25, -0.2) is 0 Å². The number of nitrogens with one attached hydrogen (secondary N) is 2. The van der Waals surface area contributed by atoms with E-state index < -0.39 is 0 Å². The van der Waals surface area contributed by atoms with E-state index in [0.717, 1.165) is 17.8 Å². The molecule has 5 heteroatoms. The second-order valence-electron chi connectivity index (χ2n) is 5.60. The van der Waals surface area contributed by atoms with Gasteiger partial charge in [-0.15, -0.1) is 0 Å². The smallest absolute Gasteiger partial charge is 0.258 e. The summed E-state index contributed by atoms with van der Waals surface area (Å²) in [6, 6.07) is 4.30. The van der Waals surface area contributed by atoms with Gasteiger partial charge in [-0.1, -0.05) is 20.8 Å². The van der Waals surface area contributed by atoms with Crippen LogP contribution in [0.4, 0.5) is 0 Å². The lowest BCUT2D eigenvalue weighted by molar-refractivity contribution is -0.123. The van der Waals surface area contributed by atoms with E-state index in [1.54, 1.807) is 0 Å². The minimum atomic E-state index is -0.104. The van der Waals surface area contributed by atoms with Gasteiger partial charge in [0.2, 0.25) is 0 Å². The molecule has 0 radical (unpaired) electrons. The summed E-state index contributed by atoms with van der Waals surface area (Å²) in [5.74, 6) is 0.556. The van der Waals surface area contributed by atoms with Crippen molar-refractivity contribution in [3.05, 3.63) is 23.5 Å². The highest BCUT2D eigenvalue weighted by Crippen LogP contribution is 2.17. The third-order valence-electron chi connectivity index (χ3n) is 3.13. The Bertz CT molecular complexity index is 461. The molecule has 2 N–H and O–H groups in total. The number of carbonyl (C=O) groups excluding carboxylic acids is 1. The van der Waals surface area contributed by atoms with E-state index in [1.165, 1.54) is 0 Å². The lowest BCUT2D eigenvalue weighted by Crippen LogP contribution is -2.35. The van der Waals surface area contributed by atoms with Crippen molar-refractivity contribution < 1.29 is 9.53 Å². The summed E-state index contributed by atoms with van der Waals surface area (Å²) in [6.45, 7) is 10.8. The Morgan fingerprint density at radius 2 is 2.05 bits per heavy atom. The Morgan fingerprint density at radius 1 is 1.33 bits per heavy atom. The zero-order chi connectivity index (χ0) is 15.8. The first kappa shape index (κ1) is 17.4. The van der Waals surface area contributed by atoms with Crippen LogP contribution in [0.5, 0.6) is 5.75 Å². The number of amides is 1. The minimum absolute atomic E-state index is 0.0176. The van der Waals surface area contributed by atoms with E-state index in [-0.39, 0.29) is 18.6 Å². The fraction of sp³-hybridized carbons (Fsp3) is 0.625. The summed E-state index contributed by atoms with van der Waals surface area (Å²) < 4.78 is 5.62. The summed E-state index contributed by atoms with van der Waals surface area (Å²) in [4.78, 5) is 16.2. The number of carbonyl (C=O) groups is 1. The monoisotopic (exact) mass is 293 g/mol. The van der Waals surface area contributed by atoms with Gasteiger partial charge in [0.05, 0.1) is 5.69 Å². The van der Waals surface area contributed by atoms with Crippen molar-refractivity contribution in [2.75, 3.05) is 6.61 Å². The Labute approximate surface area is 127 Å². The molecule has 0 bridgehead atoms. The SMILES string of the molecule is CCC(C)NC(=O)COc1ccc(C)nc1CNC(C)C. The van der Waals surface area contributed by atoms with Crippen molar-refractivity contribution in [3.8, 4) is 5.75 Å². The van der Waals surface area contributed by atoms with E-state index in [0.29, 0.717) is 18.3 Å². The van der Waals surface area contributed by atoms with Crippen LogP contribution in [0.15, 0.2) is 12.1 Å². The average molecular weight is 293 g/mol. The van der Waals surface area contributed by atoms with E-state index in [9.17, 15) is 4.79 Å². The van der Waals surface area contributed by atoms with Crippen molar-refractivity contribution in [2.45, 2.75) is 59.7 Å². The van der Waals surface area contributed by atoms with Crippen LogP contribution in [-0.4, -0.2) is 29.6 Å². The molecule has 0 fully saturated rings. The van der Waals surface area contributed by atoms with Gasteiger partial charge in [-0.2, -0.15) is 0 Å². The van der Waals surface area contributed by atoms with E-state index >= 15 is 0 Å². The lowest BCUT2D eigenvalue weighted by Gasteiger charge is -2.15. The first-order chi connectivity index (χ1) is 9.92. The van der Waals surface area contributed by atoms with Crippen LogP contribution >= 0.6 is 0 Å². The highest BCUT2D eigenvalue weighted by molar-refractivity contribution is 5.77. The maximum absolute atomic E-state index is 11.8. The molecule has 1 aromatic heterocycles. The predicted octanol–water partition coefficient (Wildman–Crippen LogP) is 2.18. The first-order valence-electron chi connectivity index (χ1n) is 7.54. The van der Waals surface area contributed by atoms with Gasteiger partial charge in [0.15, 0.2) is 6.61 Å². The Hall–Kier alpha value is -1.62. The van der Waals surface area contributed by atoms with Crippen LogP contribution in [-0.2, 0) is 11.3 Å². The van der Waals surface area contributed by atoms with Gasteiger partial charge in [-0.3, -0.25) is 9.78 Å². The lowest BCUT2D eigenvalue weighted by atomic mass is 10.2. The van der Waals surface area contributed by atoms with Crippen LogP contribution < -0.4 is 15.4 Å². The maximum Gasteiger partial charge on any atom is 0.258 e. The van der Waals surface area contributed by atoms with Gasteiger partial charge < -0.3 is 15.4 Å². The number of hydrogen-bond acceptors (Lipinski definition) is 4. The Morgan fingerprint density at radius 3 is 2.67 bits per heavy atom. The number of pyridine rings is 1. The van der Waals surface area contributed by atoms with Crippen LogP contribution in [0.1, 0.15) is 45.5 Å². The van der Waals surface area contributed by atoms with Crippen molar-refractivity contribution in [1.29, 1.82) is 0 Å². The Kier molecular flexibility index (Phi) is 7.15. The summed E-state index contributed by atoms with van der Waals surface area (Å²) in [5.41, 5.74) is 1.77. The molecule has 5 nitrogen and oxygen atoms in total. The molecule has 1 aromatic rings. The second kappa shape index (κ2) is 8.62. The van der Waals surface area contributed by atoms with Gasteiger partial charge in [0, 0.05) is 24.3 Å². The van der Waals surface area contributed by atoms with Gasteiger partial charge in [0.1, 0.15) is 5.75 Å². The average Bonchev–Trinajstić information content (AvgIpc) is 2.43. The summed E-state index contributed by atoms with van der Waals surface area (Å²) in [7, 11) is 0. The van der Waals surface area contributed by atoms with Crippen molar-refractivity contribution in [2.24, 2.45) is 0 Å². The highest BCUT2D eigenvalue weighted by Gasteiger charge is 2.10. The van der Waals surface area contributed by atoms with Crippen molar-refractivity contribution in [3.63, 3.8) is 0 Å². The third kappa shape index (κ3) is 6.58. The fourth-order valence-corrected chi connectivity index (χ4v) is 1.72. The molecule has 0 aliphatic carbocycles. The van der Waals surface area contributed by atoms with Crippen LogP contribution in [0.3, 0.4) is 0 Å². The highest BCUT2D eigenvalue weighted by atomic mass is 16.5. The number of rotatable bonds is 8. The first-order valence-corrected chi connectivity index (χ1v) is 7.54. The van der Waals surface area contributed by atoms with E-state index in [2.05, 4.69) is 29.5 Å². The number of aromatic nitrogens is 1. The van der Waals surface area contributed by atoms with E-state index in [1.807, 2.05) is 32.9 Å². The molecular formula is C16H27N3O2. The molecule has 21 heavy (non-hydrogen) atoms. The fourth-order valence-electron chi connectivity index (χ4n) is 1.72. The second-order valence-corrected chi connectivity index (χ2v) is 5.60. The molecule has 0 aromatic carbocycles. The van der Waals surface area contributed by atoms with E-state index in [4.69, 9.17) is 4.74 Å². The normalized spacial score (nSPS) is 12.3. The van der Waals surface area contributed by atoms with Gasteiger partial charge in [-0.05, 0) is 32.4 Å². The molecule has 1 amide bonds. The predicted molar refractivity (Wildman–Crippen MR) is 84.3 cm³/mol. The summed E-state index contributed by atoms with van der Waals surface area (Å²) >= 11 is 0.